The third-order valence-electron chi connectivity index (χ3n) is 5.88. The van der Waals surface area contributed by atoms with Crippen LogP contribution in [-0.2, 0) is 4.79 Å². The van der Waals surface area contributed by atoms with E-state index in [-0.39, 0.29) is 0 Å². The first kappa shape index (κ1) is 22.7. The molecule has 3 heteroatoms. The van der Waals surface area contributed by atoms with Crippen molar-refractivity contribution in [3.05, 3.63) is 114 Å². The van der Waals surface area contributed by atoms with Gasteiger partial charge in [0.2, 0.25) is 0 Å². The summed E-state index contributed by atoms with van der Waals surface area (Å²) in [5.41, 5.74) is 1.71. The fraction of sp³-hybridized carbons (Fsp3) is 0.179. The molecule has 0 bridgehead atoms. The van der Waals surface area contributed by atoms with Crippen molar-refractivity contribution in [2.24, 2.45) is 0 Å². The molecule has 0 aliphatic rings. The van der Waals surface area contributed by atoms with Crippen molar-refractivity contribution < 1.29 is 9.90 Å². The van der Waals surface area contributed by atoms with Gasteiger partial charge in [-0.3, -0.25) is 0 Å². The number of carbonyl (C=O) groups is 1. The van der Waals surface area contributed by atoms with Crippen molar-refractivity contribution in [2.45, 2.75) is 26.7 Å². The van der Waals surface area contributed by atoms with E-state index in [2.05, 4.69) is 104 Å². The average Bonchev–Trinajstić information content (AvgIpc) is 2.81. The molecule has 0 saturated carbocycles. The number of allylic oxidation sites excluding steroid dienone is 3. The van der Waals surface area contributed by atoms with Crippen LogP contribution in [0.5, 0.6) is 0 Å². The molecule has 0 fully saturated rings. The first-order valence-electron chi connectivity index (χ1n) is 10.8. The third-order valence-corrected chi connectivity index (χ3v) is 10.7. The molecule has 2 nitrogen and oxygen atoms in total. The molecule has 0 aliphatic heterocycles. The molecule has 0 heterocycles. The molecular formula is C28H31O2P. The van der Waals surface area contributed by atoms with Gasteiger partial charge in [-0.2, -0.15) is 0 Å². The summed E-state index contributed by atoms with van der Waals surface area (Å²) in [5, 5.41) is 13.3. The molecule has 3 aromatic carbocycles. The van der Waals surface area contributed by atoms with E-state index in [1.54, 1.807) is 6.92 Å². The van der Waals surface area contributed by atoms with E-state index in [0.29, 0.717) is 5.57 Å². The summed E-state index contributed by atoms with van der Waals surface area (Å²) < 4.78 is 0. The Labute approximate surface area is 186 Å². The fourth-order valence-electron chi connectivity index (χ4n) is 4.05. The zero-order chi connectivity index (χ0) is 22.1. The van der Waals surface area contributed by atoms with E-state index >= 15 is 0 Å². The normalized spacial score (nSPS) is 13.1. The number of hydrogen-bond acceptors (Lipinski definition) is 1. The van der Waals surface area contributed by atoms with Crippen LogP contribution in [0.25, 0.3) is 0 Å². The number of rotatable bonds is 9. The minimum absolute atomic E-state index is 0.411. The van der Waals surface area contributed by atoms with Gasteiger partial charge in [-0.1, -0.05) is 0 Å². The van der Waals surface area contributed by atoms with Gasteiger partial charge in [-0.25, -0.2) is 0 Å². The molecule has 0 unspecified atom stereocenters. The van der Waals surface area contributed by atoms with Crippen LogP contribution < -0.4 is 15.9 Å². The quantitative estimate of drug-likeness (QED) is 0.278. The predicted molar refractivity (Wildman–Crippen MR) is 136 cm³/mol. The van der Waals surface area contributed by atoms with E-state index < -0.39 is 13.2 Å². The van der Waals surface area contributed by atoms with Gasteiger partial charge in [0.15, 0.2) is 0 Å². The van der Waals surface area contributed by atoms with Crippen LogP contribution in [0.3, 0.4) is 0 Å². The summed E-state index contributed by atoms with van der Waals surface area (Å²) in [5.74, 6) is -0.842. The topological polar surface area (TPSA) is 37.3 Å². The van der Waals surface area contributed by atoms with Crippen LogP contribution in [0.15, 0.2) is 114 Å². The van der Waals surface area contributed by atoms with Crippen LogP contribution in [0.1, 0.15) is 26.7 Å². The van der Waals surface area contributed by atoms with Crippen LogP contribution in [0, 0.1) is 0 Å². The van der Waals surface area contributed by atoms with Gasteiger partial charge in [-0.15, -0.1) is 0 Å². The maximum atomic E-state index is 11.0. The van der Waals surface area contributed by atoms with Gasteiger partial charge in [0.25, 0.3) is 0 Å². The van der Waals surface area contributed by atoms with Crippen molar-refractivity contribution in [1.82, 2.24) is 0 Å². The first-order chi connectivity index (χ1) is 15.0. The number of carboxylic acid groups (broad SMARTS) is 1. The Morgan fingerprint density at radius 2 is 1.16 bits per heavy atom. The summed E-state index contributed by atoms with van der Waals surface area (Å²) in [7, 11) is -2.25. The van der Waals surface area contributed by atoms with E-state index in [1.807, 2.05) is 6.08 Å². The maximum absolute atomic E-state index is 11.0. The Kier molecular flexibility index (Phi) is 7.98. The summed E-state index contributed by atoms with van der Waals surface area (Å²) in [4.78, 5) is 11.0. The second kappa shape index (κ2) is 10.9. The van der Waals surface area contributed by atoms with Crippen molar-refractivity contribution in [1.29, 1.82) is 0 Å². The molecule has 1 N–H and O–H groups in total. The molecule has 31 heavy (non-hydrogen) atoms. The molecule has 0 aromatic heterocycles. The Bertz CT molecular complexity index is 941. The summed E-state index contributed by atoms with van der Waals surface area (Å²) in [6.45, 7) is 3.81. The van der Waals surface area contributed by atoms with Crippen molar-refractivity contribution in [3.63, 3.8) is 0 Å². The van der Waals surface area contributed by atoms with Crippen LogP contribution in [-0.4, -0.2) is 17.2 Å². The van der Waals surface area contributed by atoms with Gasteiger partial charge in [-0.05, 0) is 0 Å². The monoisotopic (exact) mass is 430 g/mol. The number of hydrogen-bond donors (Lipinski definition) is 1. The Morgan fingerprint density at radius 3 is 1.55 bits per heavy atom. The van der Waals surface area contributed by atoms with E-state index in [1.165, 1.54) is 21.5 Å². The molecule has 0 spiro atoms. The van der Waals surface area contributed by atoms with Gasteiger partial charge in [0.1, 0.15) is 0 Å². The number of carboxylic acids is 1. The number of benzene rings is 3. The van der Waals surface area contributed by atoms with Gasteiger partial charge >= 0.3 is 186 Å². The summed E-state index contributed by atoms with van der Waals surface area (Å²) in [6, 6.07) is 32.7. The molecular weight excluding hydrogens is 399 g/mol. The van der Waals surface area contributed by atoms with Crippen LogP contribution in [0.4, 0.5) is 0 Å². The third kappa shape index (κ3) is 5.60. The molecule has 160 valence electrons. The first-order valence-corrected chi connectivity index (χ1v) is 13.0. The molecule has 0 atom stereocenters. The number of aliphatic carboxylic acids is 1. The van der Waals surface area contributed by atoms with Gasteiger partial charge in [0, 0.05) is 0 Å². The van der Waals surface area contributed by atoms with Crippen molar-refractivity contribution in [3.8, 4) is 0 Å². The standard InChI is InChI=1S/C28H31O2P/c1-23(13-12-14-24(2)28(29)30)21-22-31(25-15-6-3-7-16-25,26-17-8-4-9-18-26)27-19-10-5-11-20-27/h3-11,14-21,31H,12-13,22H2,1-2H3,(H,29,30)/b23-21+,24-14+. The molecule has 0 saturated heterocycles. The van der Waals surface area contributed by atoms with E-state index in [4.69, 9.17) is 5.11 Å². The Morgan fingerprint density at radius 1 is 0.742 bits per heavy atom. The Balaban J connectivity index is 2.02. The zero-order valence-corrected chi connectivity index (χ0v) is 19.3. The molecule has 0 aliphatic carbocycles. The average molecular weight is 431 g/mol. The SMILES string of the molecule is C/C(=C\C[PH](c1ccccc1)(c1ccccc1)c1ccccc1)CC/C=C(\C)C(=O)O. The predicted octanol–water partition coefficient (Wildman–Crippen LogP) is 5.47. The molecule has 3 aromatic rings. The second-order valence-corrected chi connectivity index (χ2v) is 11.9. The molecule has 0 amide bonds. The van der Waals surface area contributed by atoms with E-state index in [9.17, 15) is 4.79 Å². The van der Waals surface area contributed by atoms with Crippen LogP contribution >= 0.6 is 7.26 Å². The van der Waals surface area contributed by atoms with Gasteiger partial charge in [0.05, 0.1) is 0 Å². The summed E-state index contributed by atoms with van der Waals surface area (Å²) >= 11 is 0. The fourth-order valence-corrected chi connectivity index (χ4v) is 8.70. The molecule has 0 radical (unpaired) electrons. The molecule has 3 rings (SSSR count). The zero-order valence-electron chi connectivity index (χ0n) is 18.3. The van der Waals surface area contributed by atoms with Crippen LogP contribution in [0.2, 0.25) is 0 Å². The van der Waals surface area contributed by atoms with E-state index in [0.717, 1.165) is 19.0 Å². The second-order valence-electron chi connectivity index (χ2n) is 7.99. The Hall–Kier alpha value is -2.96. The van der Waals surface area contributed by atoms with Crippen molar-refractivity contribution >= 4 is 29.1 Å². The minimum atomic E-state index is -2.25. The van der Waals surface area contributed by atoms with Crippen molar-refractivity contribution in [2.75, 3.05) is 6.16 Å². The summed E-state index contributed by atoms with van der Waals surface area (Å²) in [6.07, 6.45) is 6.78. The van der Waals surface area contributed by atoms with Gasteiger partial charge < -0.3 is 0 Å².